The van der Waals surface area contributed by atoms with E-state index in [1.54, 1.807) is 0 Å². The van der Waals surface area contributed by atoms with Crippen LogP contribution < -0.4 is 0 Å². The highest BCUT2D eigenvalue weighted by Crippen LogP contribution is 2.32. The molecule has 5 heteroatoms. The molecule has 1 amide bonds. The number of carbonyl (C=O) groups is 1. The van der Waals surface area contributed by atoms with Crippen LogP contribution in [0.4, 0.5) is 0 Å². The molecule has 4 heterocycles. The number of nitrogens with zero attached hydrogens (tertiary/aromatic N) is 3. The minimum absolute atomic E-state index is 0.317. The van der Waals surface area contributed by atoms with Crippen LogP contribution in [0.15, 0.2) is 41.1 Å². The van der Waals surface area contributed by atoms with Gasteiger partial charge in [-0.3, -0.25) is 14.7 Å². The summed E-state index contributed by atoms with van der Waals surface area (Å²) in [6.07, 6.45) is 7.30. The summed E-state index contributed by atoms with van der Waals surface area (Å²) in [5.74, 6) is 2.82. The normalized spacial score (nSPS) is 23.9. The Morgan fingerprint density at radius 2 is 2.04 bits per heavy atom. The van der Waals surface area contributed by atoms with Crippen LogP contribution in [0.1, 0.15) is 36.3 Å². The fourth-order valence-electron chi connectivity index (χ4n) is 4.46. The van der Waals surface area contributed by atoms with Crippen LogP contribution in [0.25, 0.3) is 0 Å². The van der Waals surface area contributed by atoms with Crippen LogP contribution in [-0.4, -0.2) is 46.4 Å². The van der Waals surface area contributed by atoms with Crippen molar-refractivity contribution >= 4 is 5.91 Å². The van der Waals surface area contributed by atoms with Gasteiger partial charge in [-0.2, -0.15) is 0 Å². The number of hydrogen-bond acceptors (Lipinski definition) is 4. The SMILES string of the molecule is Cc1ccc(CCN2C(=O)CC[C@H]3CN(Cc4ccncc4)CC[C@H]32)o1. The second kappa shape index (κ2) is 7.62. The van der Waals surface area contributed by atoms with Gasteiger partial charge in [-0.15, -0.1) is 0 Å². The number of pyridine rings is 1. The molecule has 0 saturated carbocycles. The molecular formula is C21H27N3O2. The van der Waals surface area contributed by atoms with Gasteiger partial charge < -0.3 is 9.32 Å². The first kappa shape index (κ1) is 17.3. The molecule has 26 heavy (non-hydrogen) atoms. The third kappa shape index (κ3) is 3.83. The van der Waals surface area contributed by atoms with Crippen molar-refractivity contribution in [1.82, 2.24) is 14.8 Å². The number of piperidine rings is 2. The highest BCUT2D eigenvalue weighted by Gasteiger charge is 2.38. The molecule has 0 aromatic carbocycles. The van der Waals surface area contributed by atoms with Crippen molar-refractivity contribution in [3.05, 3.63) is 53.7 Å². The maximum Gasteiger partial charge on any atom is 0.222 e. The highest BCUT2D eigenvalue weighted by molar-refractivity contribution is 5.77. The van der Waals surface area contributed by atoms with Crippen LogP contribution in [0.2, 0.25) is 0 Å². The van der Waals surface area contributed by atoms with E-state index >= 15 is 0 Å². The number of furan rings is 1. The Bertz CT molecular complexity index is 743. The van der Waals surface area contributed by atoms with Crippen LogP contribution in [0.5, 0.6) is 0 Å². The third-order valence-electron chi connectivity index (χ3n) is 5.78. The number of aryl methyl sites for hydroxylation is 1. The van der Waals surface area contributed by atoms with Crippen LogP contribution in [0.3, 0.4) is 0 Å². The monoisotopic (exact) mass is 353 g/mol. The first-order valence-corrected chi connectivity index (χ1v) is 9.65. The van der Waals surface area contributed by atoms with Crippen molar-refractivity contribution in [2.45, 2.75) is 45.2 Å². The molecule has 0 N–H and O–H groups in total. The average molecular weight is 353 g/mol. The maximum atomic E-state index is 12.5. The Morgan fingerprint density at radius 3 is 2.81 bits per heavy atom. The van der Waals surface area contributed by atoms with Gasteiger partial charge in [0.15, 0.2) is 0 Å². The molecule has 2 aromatic rings. The molecule has 0 spiro atoms. The lowest BCUT2D eigenvalue weighted by molar-refractivity contribution is -0.141. The third-order valence-corrected chi connectivity index (χ3v) is 5.78. The van der Waals surface area contributed by atoms with Gasteiger partial charge in [0.2, 0.25) is 5.91 Å². The van der Waals surface area contributed by atoms with Gasteiger partial charge in [0.25, 0.3) is 0 Å². The van der Waals surface area contributed by atoms with Gasteiger partial charge >= 0.3 is 0 Å². The summed E-state index contributed by atoms with van der Waals surface area (Å²) in [7, 11) is 0. The summed E-state index contributed by atoms with van der Waals surface area (Å²) in [6, 6.07) is 8.59. The molecule has 0 bridgehead atoms. The topological polar surface area (TPSA) is 49.6 Å². The molecule has 0 unspecified atom stereocenters. The van der Waals surface area contributed by atoms with Crippen molar-refractivity contribution in [3.8, 4) is 0 Å². The highest BCUT2D eigenvalue weighted by atomic mass is 16.3. The van der Waals surface area contributed by atoms with Crippen LogP contribution in [-0.2, 0) is 17.8 Å². The predicted molar refractivity (Wildman–Crippen MR) is 99.5 cm³/mol. The van der Waals surface area contributed by atoms with Crippen molar-refractivity contribution in [1.29, 1.82) is 0 Å². The molecule has 138 valence electrons. The Balaban J connectivity index is 1.37. The lowest BCUT2D eigenvalue weighted by Crippen LogP contribution is -2.56. The summed E-state index contributed by atoms with van der Waals surface area (Å²) in [6.45, 7) is 5.84. The van der Waals surface area contributed by atoms with Crippen molar-refractivity contribution < 1.29 is 9.21 Å². The van der Waals surface area contributed by atoms with E-state index in [4.69, 9.17) is 4.42 Å². The average Bonchev–Trinajstić information content (AvgIpc) is 3.07. The van der Waals surface area contributed by atoms with Crippen molar-refractivity contribution in [2.24, 2.45) is 5.92 Å². The predicted octanol–water partition coefficient (Wildman–Crippen LogP) is 3.04. The first-order valence-electron chi connectivity index (χ1n) is 9.65. The van der Waals surface area contributed by atoms with E-state index in [-0.39, 0.29) is 0 Å². The fourth-order valence-corrected chi connectivity index (χ4v) is 4.46. The molecule has 2 fully saturated rings. The molecule has 2 aliphatic heterocycles. The lowest BCUT2D eigenvalue weighted by Gasteiger charge is -2.47. The number of carbonyl (C=O) groups excluding carboxylic acids is 1. The largest absolute Gasteiger partial charge is 0.466 e. The molecule has 5 nitrogen and oxygen atoms in total. The Morgan fingerprint density at radius 1 is 1.19 bits per heavy atom. The number of hydrogen-bond donors (Lipinski definition) is 0. The number of fused-ring (bicyclic) bond motifs is 1. The minimum atomic E-state index is 0.317. The maximum absolute atomic E-state index is 12.5. The second-order valence-electron chi connectivity index (χ2n) is 7.59. The molecule has 0 aliphatic carbocycles. The van der Waals surface area contributed by atoms with Gasteiger partial charge in [0, 0.05) is 57.5 Å². The summed E-state index contributed by atoms with van der Waals surface area (Å²) >= 11 is 0. The Labute approximate surface area is 155 Å². The van der Waals surface area contributed by atoms with E-state index in [2.05, 4.69) is 26.9 Å². The fraction of sp³-hybridized carbons (Fsp3) is 0.524. The van der Waals surface area contributed by atoms with E-state index < -0.39 is 0 Å². The summed E-state index contributed by atoms with van der Waals surface area (Å²) in [5, 5.41) is 0. The van der Waals surface area contributed by atoms with Crippen molar-refractivity contribution in [3.63, 3.8) is 0 Å². The van der Waals surface area contributed by atoms with Gasteiger partial charge in [-0.25, -0.2) is 0 Å². The van der Waals surface area contributed by atoms with Gasteiger partial charge in [-0.1, -0.05) is 0 Å². The molecule has 4 rings (SSSR count). The Kier molecular flexibility index (Phi) is 5.07. The number of likely N-dealkylation sites (tertiary alicyclic amines) is 2. The van der Waals surface area contributed by atoms with E-state index in [1.165, 1.54) is 5.56 Å². The quantitative estimate of drug-likeness (QED) is 0.829. The molecule has 2 saturated heterocycles. The lowest BCUT2D eigenvalue weighted by atomic mass is 9.83. The zero-order valence-corrected chi connectivity index (χ0v) is 15.4. The van der Waals surface area contributed by atoms with E-state index in [9.17, 15) is 4.79 Å². The van der Waals surface area contributed by atoms with Crippen molar-refractivity contribution in [2.75, 3.05) is 19.6 Å². The minimum Gasteiger partial charge on any atom is -0.466 e. The molecule has 2 aromatic heterocycles. The number of amides is 1. The van der Waals surface area contributed by atoms with Gasteiger partial charge in [0.1, 0.15) is 11.5 Å². The zero-order chi connectivity index (χ0) is 17.9. The Hall–Kier alpha value is -2.14. The van der Waals surface area contributed by atoms with Crippen LogP contribution in [0, 0.1) is 12.8 Å². The zero-order valence-electron chi connectivity index (χ0n) is 15.4. The van der Waals surface area contributed by atoms with Gasteiger partial charge in [-0.05, 0) is 55.5 Å². The standard InChI is InChI=1S/C21H27N3O2/c1-16-2-4-19(26-16)8-13-24-20-9-12-23(14-17-6-10-22-11-7-17)15-18(20)3-5-21(24)25/h2,4,6-7,10-11,18,20H,3,5,8-9,12-15H2,1H3/t18-,20+/m0/s1. The molecule has 0 radical (unpaired) electrons. The molecular weight excluding hydrogens is 326 g/mol. The number of rotatable bonds is 5. The molecule has 2 atom stereocenters. The number of aromatic nitrogens is 1. The van der Waals surface area contributed by atoms with E-state index in [1.807, 2.05) is 31.5 Å². The van der Waals surface area contributed by atoms with E-state index in [0.29, 0.717) is 24.3 Å². The van der Waals surface area contributed by atoms with Crippen LogP contribution >= 0.6 is 0 Å². The molecule has 2 aliphatic rings. The van der Waals surface area contributed by atoms with Gasteiger partial charge in [0.05, 0.1) is 0 Å². The summed E-state index contributed by atoms with van der Waals surface area (Å²) in [5.41, 5.74) is 1.32. The summed E-state index contributed by atoms with van der Waals surface area (Å²) in [4.78, 5) is 21.3. The smallest absolute Gasteiger partial charge is 0.222 e. The second-order valence-corrected chi connectivity index (χ2v) is 7.59. The first-order chi connectivity index (χ1) is 12.7. The summed E-state index contributed by atoms with van der Waals surface area (Å²) < 4.78 is 5.68. The van der Waals surface area contributed by atoms with E-state index in [0.717, 1.165) is 57.0 Å².